The van der Waals surface area contributed by atoms with Crippen LogP contribution in [-0.2, 0) is 10.2 Å². The summed E-state index contributed by atoms with van der Waals surface area (Å²) >= 11 is 0. The Morgan fingerprint density at radius 3 is 2.08 bits per heavy atom. The van der Waals surface area contributed by atoms with Crippen molar-refractivity contribution in [1.82, 2.24) is 9.03 Å². The van der Waals surface area contributed by atoms with Gasteiger partial charge in [0, 0.05) is 20.1 Å². The first-order chi connectivity index (χ1) is 5.47. The van der Waals surface area contributed by atoms with Crippen LogP contribution in [0.15, 0.2) is 0 Å². The smallest absolute Gasteiger partial charge is 0.279 e. The SMILES string of the molecule is CNS(=O)(=O)N1C[C@@H](O)[C@@H](O)C1. The van der Waals surface area contributed by atoms with Gasteiger partial charge in [0.1, 0.15) is 0 Å². The van der Waals surface area contributed by atoms with Crippen LogP contribution in [0.2, 0.25) is 0 Å². The van der Waals surface area contributed by atoms with Crippen molar-refractivity contribution in [3.8, 4) is 0 Å². The molecule has 3 N–H and O–H groups in total. The van der Waals surface area contributed by atoms with Crippen LogP contribution in [-0.4, -0.2) is 55.3 Å². The number of aliphatic hydroxyl groups excluding tert-OH is 2. The molecule has 1 heterocycles. The molecule has 1 fully saturated rings. The molecule has 7 heteroatoms. The molecule has 0 aliphatic carbocycles. The summed E-state index contributed by atoms with van der Waals surface area (Å²) in [5.74, 6) is 0. The number of β-amino-alcohol motifs (C(OH)–C–C–N with tert-alkyl or cyclic N) is 2. The zero-order valence-corrected chi connectivity index (χ0v) is 7.45. The van der Waals surface area contributed by atoms with E-state index in [4.69, 9.17) is 10.2 Å². The predicted octanol–water partition coefficient (Wildman–Crippen LogP) is -2.51. The predicted molar refractivity (Wildman–Crippen MR) is 41.6 cm³/mol. The molecule has 0 unspecified atom stereocenters. The maximum Gasteiger partial charge on any atom is 0.279 e. The van der Waals surface area contributed by atoms with Crippen molar-refractivity contribution < 1.29 is 18.6 Å². The van der Waals surface area contributed by atoms with Crippen LogP contribution in [0.3, 0.4) is 0 Å². The molecule has 0 radical (unpaired) electrons. The third-order valence-electron chi connectivity index (χ3n) is 1.82. The average Bonchev–Trinajstić information content (AvgIpc) is 2.33. The second-order valence-electron chi connectivity index (χ2n) is 2.66. The summed E-state index contributed by atoms with van der Waals surface area (Å²) in [5, 5.41) is 18.1. The van der Waals surface area contributed by atoms with Gasteiger partial charge in [-0.2, -0.15) is 12.7 Å². The largest absolute Gasteiger partial charge is 0.389 e. The molecule has 0 aromatic rings. The van der Waals surface area contributed by atoms with Gasteiger partial charge in [-0.15, -0.1) is 0 Å². The van der Waals surface area contributed by atoms with Crippen molar-refractivity contribution in [1.29, 1.82) is 0 Å². The maximum absolute atomic E-state index is 11.1. The summed E-state index contributed by atoms with van der Waals surface area (Å²) in [6, 6.07) is 0. The zero-order chi connectivity index (χ0) is 9.35. The maximum atomic E-state index is 11.1. The fourth-order valence-electron chi connectivity index (χ4n) is 1.06. The van der Waals surface area contributed by atoms with E-state index in [2.05, 4.69) is 4.72 Å². The van der Waals surface area contributed by atoms with Crippen molar-refractivity contribution in [2.45, 2.75) is 12.2 Å². The van der Waals surface area contributed by atoms with Gasteiger partial charge in [0.05, 0.1) is 12.2 Å². The molecule has 1 saturated heterocycles. The number of rotatable bonds is 2. The van der Waals surface area contributed by atoms with Gasteiger partial charge in [0.25, 0.3) is 10.2 Å². The van der Waals surface area contributed by atoms with E-state index in [0.29, 0.717) is 0 Å². The lowest BCUT2D eigenvalue weighted by molar-refractivity contribution is 0.0572. The summed E-state index contributed by atoms with van der Waals surface area (Å²) in [5.41, 5.74) is 0. The van der Waals surface area contributed by atoms with E-state index in [-0.39, 0.29) is 13.1 Å². The standard InChI is InChI=1S/C5H12N2O4S/c1-6-12(10,11)7-2-4(8)5(9)3-7/h4-6,8-9H,2-3H2,1H3/t4-,5+. The van der Waals surface area contributed by atoms with E-state index in [1.54, 1.807) is 0 Å². The van der Waals surface area contributed by atoms with E-state index in [0.717, 1.165) is 4.31 Å². The van der Waals surface area contributed by atoms with Crippen LogP contribution >= 0.6 is 0 Å². The molecule has 0 amide bonds. The molecular formula is C5H12N2O4S. The lowest BCUT2D eigenvalue weighted by Gasteiger charge is -2.13. The normalized spacial score (nSPS) is 32.6. The van der Waals surface area contributed by atoms with Gasteiger partial charge in [-0.3, -0.25) is 0 Å². The summed E-state index contributed by atoms with van der Waals surface area (Å²) in [4.78, 5) is 0. The topological polar surface area (TPSA) is 89.9 Å². The molecule has 0 saturated carbocycles. The highest BCUT2D eigenvalue weighted by Crippen LogP contribution is 2.12. The van der Waals surface area contributed by atoms with Crippen molar-refractivity contribution in [3.63, 3.8) is 0 Å². The fourth-order valence-corrected chi connectivity index (χ4v) is 2.02. The van der Waals surface area contributed by atoms with Crippen molar-refractivity contribution in [3.05, 3.63) is 0 Å². The number of hydrogen-bond acceptors (Lipinski definition) is 4. The van der Waals surface area contributed by atoms with E-state index in [9.17, 15) is 8.42 Å². The van der Waals surface area contributed by atoms with Crippen LogP contribution in [0.25, 0.3) is 0 Å². The highest BCUT2D eigenvalue weighted by Gasteiger charge is 2.35. The summed E-state index contributed by atoms with van der Waals surface area (Å²) in [7, 11) is -2.22. The molecule has 1 aliphatic heterocycles. The van der Waals surface area contributed by atoms with Gasteiger partial charge >= 0.3 is 0 Å². The first kappa shape index (κ1) is 9.87. The third-order valence-corrected chi connectivity index (χ3v) is 3.32. The van der Waals surface area contributed by atoms with E-state index in [1.807, 2.05) is 0 Å². The van der Waals surface area contributed by atoms with Crippen molar-refractivity contribution >= 4 is 10.2 Å². The highest BCUT2D eigenvalue weighted by atomic mass is 32.2. The van der Waals surface area contributed by atoms with Gasteiger partial charge in [-0.05, 0) is 0 Å². The number of hydrogen-bond donors (Lipinski definition) is 3. The number of nitrogens with zero attached hydrogens (tertiary/aromatic N) is 1. The molecule has 72 valence electrons. The summed E-state index contributed by atoms with van der Waals surface area (Å²) in [6.07, 6.45) is -1.96. The Bertz CT molecular complexity index is 242. The molecule has 2 atom stereocenters. The minimum Gasteiger partial charge on any atom is -0.389 e. The number of aliphatic hydroxyl groups is 2. The minimum absolute atomic E-state index is 0.0512. The van der Waals surface area contributed by atoms with E-state index >= 15 is 0 Å². The molecule has 1 rings (SSSR count). The summed E-state index contributed by atoms with van der Waals surface area (Å²) < 4.78 is 25.3. The average molecular weight is 196 g/mol. The molecular weight excluding hydrogens is 184 g/mol. The number of nitrogens with one attached hydrogen (secondary N) is 1. The highest BCUT2D eigenvalue weighted by molar-refractivity contribution is 7.87. The Balaban J connectivity index is 2.70. The van der Waals surface area contributed by atoms with Gasteiger partial charge in [0.2, 0.25) is 0 Å². The second kappa shape index (κ2) is 3.27. The monoisotopic (exact) mass is 196 g/mol. The molecule has 0 spiro atoms. The van der Waals surface area contributed by atoms with E-state index < -0.39 is 22.4 Å². The van der Waals surface area contributed by atoms with Gasteiger partial charge in [-0.1, -0.05) is 0 Å². The van der Waals surface area contributed by atoms with E-state index in [1.165, 1.54) is 7.05 Å². The molecule has 0 aromatic heterocycles. The van der Waals surface area contributed by atoms with Crippen molar-refractivity contribution in [2.75, 3.05) is 20.1 Å². The Morgan fingerprint density at radius 2 is 1.75 bits per heavy atom. The molecule has 0 bridgehead atoms. The molecule has 0 aromatic carbocycles. The Kier molecular flexibility index (Phi) is 2.69. The quantitative estimate of drug-likeness (QED) is 0.455. The van der Waals surface area contributed by atoms with Crippen molar-refractivity contribution in [2.24, 2.45) is 0 Å². The molecule has 12 heavy (non-hydrogen) atoms. The second-order valence-corrected chi connectivity index (χ2v) is 4.54. The first-order valence-corrected chi connectivity index (χ1v) is 4.96. The van der Waals surface area contributed by atoms with Gasteiger partial charge in [-0.25, -0.2) is 4.72 Å². The van der Waals surface area contributed by atoms with Gasteiger partial charge < -0.3 is 10.2 Å². The lowest BCUT2D eigenvalue weighted by atomic mass is 10.3. The Hall–Kier alpha value is -0.210. The lowest BCUT2D eigenvalue weighted by Crippen LogP contribution is -2.38. The zero-order valence-electron chi connectivity index (χ0n) is 6.64. The minimum atomic E-state index is -3.50. The van der Waals surface area contributed by atoms with Crippen LogP contribution in [0.4, 0.5) is 0 Å². The Labute approximate surface area is 71.0 Å². The third kappa shape index (κ3) is 1.75. The fraction of sp³-hybridized carbons (Fsp3) is 1.00. The Morgan fingerprint density at radius 1 is 1.33 bits per heavy atom. The molecule has 6 nitrogen and oxygen atoms in total. The van der Waals surface area contributed by atoms with Crippen LogP contribution in [0.1, 0.15) is 0 Å². The van der Waals surface area contributed by atoms with Crippen LogP contribution < -0.4 is 4.72 Å². The molecule has 1 aliphatic rings. The first-order valence-electron chi connectivity index (χ1n) is 3.52. The summed E-state index contributed by atoms with van der Waals surface area (Å²) in [6.45, 7) is -0.102. The van der Waals surface area contributed by atoms with Crippen LogP contribution in [0, 0.1) is 0 Å². The van der Waals surface area contributed by atoms with Crippen LogP contribution in [0.5, 0.6) is 0 Å². The van der Waals surface area contributed by atoms with Gasteiger partial charge in [0.15, 0.2) is 0 Å².